The minimum atomic E-state index is -4.34. The summed E-state index contributed by atoms with van der Waals surface area (Å²) >= 11 is 0. The molecule has 0 aromatic heterocycles. The Kier molecular flexibility index (Phi) is 4.57. The summed E-state index contributed by atoms with van der Waals surface area (Å²) in [7, 11) is 0. The first-order valence-electron chi connectivity index (χ1n) is 5.31. The van der Waals surface area contributed by atoms with Crippen molar-refractivity contribution in [3.05, 3.63) is 11.6 Å². The summed E-state index contributed by atoms with van der Waals surface area (Å²) < 4.78 is 36.9. The molecule has 1 heterocycles. The highest BCUT2D eigenvalue weighted by molar-refractivity contribution is 5.75. The quantitative estimate of drug-likeness (QED) is 0.758. The molecule has 0 aliphatic carbocycles. The van der Waals surface area contributed by atoms with E-state index in [4.69, 9.17) is 5.11 Å². The van der Waals surface area contributed by atoms with Crippen molar-refractivity contribution in [1.82, 2.24) is 10.2 Å². The van der Waals surface area contributed by atoms with Crippen molar-refractivity contribution >= 4 is 12.0 Å². The third kappa shape index (κ3) is 4.27. The third-order valence-electron chi connectivity index (χ3n) is 2.48. The number of nitrogens with zero attached hydrogens (tertiary/aromatic N) is 1. The van der Waals surface area contributed by atoms with Crippen LogP contribution < -0.4 is 5.32 Å². The highest BCUT2D eigenvalue weighted by atomic mass is 19.4. The molecule has 0 radical (unpaired) electrons. The van der Waals surface area contributed by atoms with Crippen LogP contribution >= 0.6 is 0 Å². The summed E-state index contributed by atoms with van der Waals surface area (Å²) in [6.45, 7) is -0.182. The zero-order valence-corrected chi connectivity index (χ0v) is 9.46. The predicted octanol–water partition coefficient (Wildman–Crippen LogP) is 1.37. The maximum Gasteiger partial charge on any atom is 0.412 e. The number of hydrogen-bond acceptors (Lipinski definition) is 2. The molecule has 0 aromatic rings. The van der Waals surface area contributed by atoms with Gasteiger partial charge in [-0.25, -0.2) is 4.79 Å². The van der Waals surface area contributed by atoms with Crippen LogP contribution in [-0.2, 0) is 4.79 Å². The minimum absolute atomic E-state index is 0.0236. The molecule has 2 N–H and O–H groups in total. The van der Waals surface area contributed by atoms with Gasteiger partial charge in [0.1, 0.15) is 0 Å². The largest absolute Gasteiger partial charge is 0.481 e. The van der Waals surface area contributed by atoms with E-state index in [-0.39, 0.29) is 32.5 Å². The molecule has 102 valence electrons. The van der Waals surface area contributed by atoms with E-state index >= 15 is 0 Å². The molecule has 0 saturated heterocycles. The van der Waals surface area contributed by atoms with Gasteiger partial charge in [-0.1, -0.05) is 6.08 Å². The van der Waals surface area contributed by atoms with E-state index in [9.17, 15) is 22.8 Å². The number of carboxylic acids is 1. The van der Waals surface area contributed by atoms with Crippen molar-refractivity contribution in [2.24, 2.45) is 0 Å². The number of carboxylic acid groups (broad SMARTS) is 1. The molecule has 0 fully saturated rings. The van der Waals surface area contributed by atoms with Crippen LogP contribution in [0.25, 0.3) is 0 Å². The van der Waals surface area contributed by atoms with Crippen molar-refractivity contribution < 1.29 is 27.9 Å². The van der Waals surface area contributed by atoms with Gasteiger partial charge in [0.25, 0.3) is 0 Å². The number of nitrogens with one attached hydrogen (secondary N) is 1. The first kappa shape index (κ1) is 14.3. The average molecular weight is 266 g/mol. The number of alkyl halides is 3. The van der Waals surface area contributed by atoms with Gasteiger partial charge >= 0.3 is 18.2 Å². The van der Waals surface area contributed by atoms with E-state index in [2.05, 4.69) is 5.32 Å². The van der Waals surface area contributed by atoms with Gasteiger partial charge in [-0.15, -0.1) is 0 Å². The van der Waals surface area contributed by atoms with Crippen LogP contribution in [-0.4, -0.2) is 47.8 Å². The van der Waals surface area contributed by atoms with E-state index in [1.807, 2.05) is 0 Å². The third-order valence-corrected chi connectivity index (χ3v) is 2.48. The maximum atomic E-state index is 12.3. The van der Waals surface area contributed by atoms with Crippen LogP contribution in [0.2, 0.25) is 0 Å². The molecule has 0 saturated carbocycles. The van der Waals surface area contributed by atoms with Crippen LogP contribution in [0.3, 0.4) is 0 Å². The molecule has 1 aliphatic heterocycles. The van der Waals surface area contributed by atoms with Gasteiger partial charge in [0.2, 0.25) is 0 Å². The van der Waals surface area contributed by atoms with Gasteiger partial charge in [0.05, 0.1) is 6.42 Å². The van der Waals surface area contributed by atoms with Gasteiger partial charge < -0.3 is 15.3 Å². The van der Waals surface area contributed by atoms with E-state index in [1.165, 1.54) is 4.90 Å². The van der Waals surface area contributed by atoms with E-state index in [0.717, 1.165) is 6.08 Å². The fraction of sp³-hybridized carbons (Fsp3) is 0.600. The van der Waals surface area contributed by atoms with Crippen molar-refractivity contribution in [3.63, 3.8) is 0 Å². The summed E-state index contributed by atoms with van der Waals surface area (Å²) in [6, 6.07) is -0.547. The number of carbonyl (C=O) groups excluding carboxylic acids is 1. The average Bonchev–Trinajstić information content (AvgIpc) is 2.27. The second kappa shape index (κ2) is 5.74. The van der Waals surface area contributed by atoms with Gasteiger partial charge in [-0.2, -0.15) is 13.2 Å². The van der Waals surface area contributed by atoms with E-state index < -0.39 is 23.7 Å². The second-order valence-corrected chi connectivity index (χ2v) is 3.80. The highest BCUT2D eigenvalue weighted by Gasteiger charge is 2.35. The van der Waals surface area contributed by atoms with Crippen LogP contribution in [0.5, 0.6) is 0 Å². The zero-order valence-electron chi connectivity index (χ0n) is 9.46. The molecule has 5 nitrogen and oxygen atoms in total. The zero-order chi connectivity index (χ0) is 13.8. The fourth-order valence-electron chi connectivity index (χ4n) is 1.50. The molecule has 0 unspecified atom stereocenters. The van der Waals surface area contributed by atoms with Crippen molar-refractivity contribution in [3.8, 4) is 0 Å². The Balaban J connectivity index is 2.40. The van der Waals surface area contributed by atoms with Gasteiger partial charge in [0.15, 0.2) is 0 Å². The predicted molar refractivity (Wildman–Crippen MR) is 56.0 cm³/mol. The Morgan fingerprint density at radius 3 is 2.56 bits per heavy atom. The monoisotopic (exact) mass is 266 g/mol. The second-order valence-electron chi connectivity index (χ2n) is 3.80. The molecule has 2 amide bonds. The first-order chi connectivity index (χ1) is 8.30. The molecular formula is C10H13F3N2O3. The molecule has 1 rings (SSSR count). The normalized spacial score (nSPS) is 16.2. The maximum absolute atomic E-state index is 12.3. The Hall–Kier alpha value is -1.73. The first-order valence-corrected chi connectivity index (χ1v) is 5.31. The molecule has 8 heteroatoms. The van der Waals surface area contributed by atoms with Crippen LogP contribution in [0.4, 0.5) is 18.0 Å². The van der Waals surface area contributed by atoms with E-state index in [1.54, 1.807) is 0 Å². The lowest BCUT2D eigenvalue weighted by molar-refractivity contribution is -0.136. The molecule has 0 aromatic carbocycles. The number of halogens is 3. The molecule has 1 aliphatic rings. The van der Waals surface area contributed by atoms with Gasteiger partial charge in [-0.05, 0) is 6.42 Å². The fourth-order valence-corrected chi connectivity index (χ4v) is 1.50. The summed E-state index contributed by atoms with van der Waals surface area (Å²) in [5.74, 6) is -1.05. The van der Waals surface area contributed by atoms with Crippen molar-refractivity contribution in [2.45, 2.75) is 19.0 Å². The summed E-state index contributed by atoms with van der Waals surface area (Å²) in [6.07, 6.45) is -3.83. The van der Waals surface area contributed by atoms with Crippen LogP contribution in [0, 0.1) is 0 Å². The number of urea groups is 1. The number of aliphatic carboxylic acids is 1. The lowest BCUT2D eigenvalue weighted by Gasteiger charge is -2.27. The SMILES string of the molecule is O=C(O)CCNC(=O)N1CC=C(C(F)(F)F)CC1. The molecule has 0 spiro atoms. The molecule has 0 bridgehead atoms. The summed E-state index contributed by atoms with van der Waals surface area (Å²) in [4.78, 5) is 22.9. The number of carbonyl (C=O) groups is 2. The van der Waals surface area contributed by atoms with Gasteiger partial charge in [0, 0.05) is 25.2 Å². The smallest absolute Gasteiger partial charge is 0.412 e. The Morgan fingerprint density at radius 1 is 1.44 bits per heavy atom. The van der Waals surface area contributed by atoms with E-state index in [0.29, 0.717) is 0 Å². The molecule has 0 atom stereocenters. The Labute approximate surface area is 101 Å². The lowest BCUT2D eigenvalue weighted by atomic mass is 10.1. The number of amides is 2. The molecular weight excluding hydrogens is 253 g/mol. The van der Waals surface area contributed by atoms with Crippen molar-refractivity contribution in [2.75, 3.05) is 19.6 Å². The highest BCUT2D eigenvalue weighted by Crippen LogP contribution is 2.29. The van der Waals surface area contributed by atoms with Crippen molar-refractivity contribution in [1.29, 1.82) is 0 Å². The topological polar surface area (TPSA) is 69.6 Å². The number of rotatable bonds is 3. The standard InChI is InChI=1S/C10H13F3N2O3/c11-10(12,13)7-2-5-15(6-3-7)9(18)14-4-1-8(16)17/h2H,1,3-6H2,(H,14,18)(H,16,17). The summed E-state index contributed by atoms with van der Waals surface area (Å²) in [5.41, 5.74) is -0.628. The van der Waals surface area contributed by atoms with Crippen LogP contribution in [0.1, 0.15) is 12.8 Å². The number of hydrogen-bond donors (Lipinski definition) is 2. The Morgan fingerprint density at radius 2 is 2.11 bits per heavy atom. The lowest BCUT2D eigenvalue weighted by Crippen LogP contribution is -2.43. The molecule has 18 heavy (non-hydrogen) atoms. The Bertz CT molecular complexity index is 366. The summed E-state index contributed by atoms with van der Waals surface area (Å²) in [5, 5.41) is 10.7. The van der Waals surface area contributed by atoms with Gasteiger partial charge in [-0.3, -0.25) is 4.79 Å². The van der Waals surface area contributed by atoms with Crippen LogP contribution in [0.15, 0.2) is 11.6 Å². The minimum Gasteiger partial charge on any atom is -0.481 e.